The van der Waals surface area contributed by atoms with Crippen molar-refractivity contribution in [1.82, 2.24) is 19.9 Å². The van der Waals surface area contributed by atoms with E-state index in [-0.39, 0.29) is 12.1 Å². The molecule has 8 heteroatoms. The van der Waals surface area contributed by atoms with Crippen molar-refractivity contribution >= 4 is 0 Å². The fourth-order valence-corrected chi connectivity index (χ4v) is 2.13. The third kappa shape index (κ3) is 3.41. The Hall–Kier alpha value is -2.64. The Bertz CT molecular complexity index is 779. The number of hydrogen-bond donors (Lipinski definition) is 0. The quantitative estimate of drug-likeness (QED) is 0.700. The third-order valence-corrected chi connectivity index (χ3v) is 3.18. The summed E-state index contributed by atoms with van der Waals surface area (Å²) in [5.41, 5.74) is 0.293. The first-order valence-electron chi connectivity index (χ1n) is 7.03. The SMILES string of the molecule is FCCCc1nc(Cc2ccn(-c3c(F)cccc3F)n2)no1. The van der Waals surface area contributed by atoms with Crippen LogP contribution in [0.1, 0.15) is 23.8 Å². The van der Waals surface area contributed by atoms with E-state index in [1.54, 1.807) is 6.07 Å². The first kappa shape index (κ1) is 15.3. The molecule has 0 bridgehead atoms. The van der Waals surface area contributed by atoms with Crippen molar-refractivity contribution in [2.24, 2.45) is 0 Å². The minimum absolute atomic E-state index is 0.240. The molecule has 0 amide bonds. The van der Waals surface area contributed by atoms with Gasteiger partial charge in [-0.1, -0.05) is 11.2 Å². The number of halogens is 3. The highest BCUT2D eigenvalue weighted by molar-refractivity contribution is 5.34. The van der Waals surface area contributed by atoms with Crippen LogP contribution in [0, 0.1) is 11.6 Å². The van der Waals surface area contributed by atoms with Gasteiger partial charge in [0, 0.05) is 12.6 Å². The van der Waals surface area contributed by atoms with Crippen LogP contribution in [0.3, 0.4) is 0 Å². The molecule has 23 heavy (non-hydrogen) atoms. The van der Waals surface area contributed by atoms with E-state index in [9.17, 15) is 13.2 Å². The van der Waals surface area contributed by atoms with Gasteiger partial charge in [0.2, 0.25) is 5.89 Å². The Morgan fingerprint density at radius 3 is 2.65 bits per heavy atom. The number of hydrogen-bond acceptors (Lipinski definition) is 4. The molecular weight excluding hydrogens is 309 g/mol. The molecule has 0 N–H and O–H groups in total. The zero-order valence-electron chi connectivity index (χ0n) is 12.0. The van der Waals surface area contributed by atoms with Gasteiger partial charge in [0.1, 0.15) is 5.69 Å². The van der Waals surface area contributed by atoms with Crippen LogP contribution in [0.15, 0.2) is 35.0 Å². The molecule has 0 radical (unpaired) electrons. The zero-order valence-corrected chi connectivity index (χ0v) is 12.0. The minimum Gasteiger partial charge on any atom is -0.339 e. The second kappa shape index (κ2) is 6.64. The summed E-state index contributed by atoms with van der Waals surface area (Å²) >= 11 is 0. The number of benzene rings is 1. The fraction of sp³-hybridized carbons (Fsp3) is 0.267. The predicted molar refractivity (Wildman–Crippen MR) is 74.9 cm³/mol. The lowest BCUT2D eigenvalue weighted by Crippen LogP contribution is -2.03. The Morgan fingerprint density at radius 2 is 1.91 bits per heavy atom. The van der Waals surface area contributed by atoms with Gasteiger partial charge >= 0.3 is 0 Å². The van der Waals surface area contributed by atoms with Gasteiger partial charge in [-0.25, -0.2) is 13.5 Å². The molecule has 0 aliphatic heterocycles. The molecule has 3 rings (SSSR count). The van der Waals surface area contributed by atoms with Crippen LogP contribution in [-0.2, 0) is 12.8 Å². The number of aryl methyl sites for hydroxylation is 1. The third-order valence-electron chi connectivity index (χ3n) is 3.18. The second-order valence-corrected chi connectivity index (χ2v) is 4.90. The summed E-state index contributed by atoms with van der Waals surface area (Å²) in [4.78, 5) is 4.12. The van der Waals surface area contributed by atoms with Gasteiger partial charge in [0.05, 0.1) is 18.8 Å². The number of para-hydroxylation sites is 1. The van der Waals surface area contributed by atoms with Crippen molar-refractivity contribution in [2.45, 2.75) is 19.3 Å². The average molecular weight is 322 g/mol. The van der Waals surface area contributed by atoms with Gasteiger partial charge in [-0.15, -0.1) is 0 Å². The minimum atomic E-state index is -0.701. The van der Waals surface area contributed by atoms with Gasteiger partial charge in [-0.2, -0.15) is 10.1 Å². The lowest BCUT2D eigenvalue weighted by Gasteiger charge is -2.03. The molecule has 0 saturated carbocycles. The summed E-state index contributed by atoms with van der Waals surface area (Å²) in [5.74, 6) is -0.657. The zero-order chi connectivity index (χ0) is 16.2. The highest BCUT2D eigenvalue weighted by Gasteiger charge is 2.13. The molecule has 0 aliphatic rings. The van der Waals surface area contributed by atoms with Gasteiger partial charge in [0.15, 0.2) is 17.5 Å². The summed E-state index contributed by atoms with van der Waals surface area (Å²) in [7, 11) is 0. The summed E-state index contributed by atoms with van der Waals surface area (Å²) in [6, 6.07) is 5.23. The van der Waals surface area contributed by atoms with Crippen LogP contribution in [0.2, 0.25) is 0 Å². The maximum atomic E-state index is 13.7. The first-order valence-corrected chi connectivity index (χ1v) is 7.03. The van der Waals surface area contributed by atoms with Crippen molar-refractivity contribution in [3.8, 4) is 5.69 Å². The van der Waals surface area contributed by atoms with E-state index < -0.39 is 18.3 Å². The summed E-state index contributed by atoms with van der Waals surface area (Å²) in [6.07, 6.45) is 2.41. The number of rotatable bonds is 6. The summed E-state index contributed by atoms with van der Waals surface area (Å²) in [6.45, 7) is -0.448. The van der Waals surface area contributed by atoms with E-state index in [0.29, 0.717) is 30.3 Å². The molecule has 0 saturated heterocycles. The molecule has 0 spiro atoms. The van der Waals surface area contributed by atoms with Crippen molar-refractivity contribution < 1.29 is 17.7 Å². The molecule has 3 aromatic rings. The largest absolute Gasteiger partial charge is 0.339 e. The van der Waals surface area contributed by atoms with Crippen molar-refractivity contribution in [2.75, 3.05) is 6.67 Å². The predicted octanol–water partition coefficient (Wildman–Crippen LogP) is 3.03. The lowest BCUT2D eigenvalue weighted by molar-refractivity contribution is 0.361. The van der Waals surface area contributed by atoms with Crippen LogP contribution in [-0.4, -0.2) is 26.6 Å². The molecule has 1 aromatic carbocycles. The maximum absolute atomic E-state index is 13.7. The fourth-order valence-electron chi connectivity index (χ4n) is 2.13. The monoisotopic (exact) mass is 322 g/mol. The molecular formula is C15H13F3N4O. The van der Waals surface area contributed by atoms with Crippen LogP contribution < -0.4 is 0 Å². The summed E-state index contributed by atoms with van der Waals surface area (Å²) in [5, 5.41) is 7.90. The Morgan fingerprint density at radius 1 is 1.13 bits per heavy atom. The van der Waals surface area contributed by atoms with E-state index in [4.69, 9.17) is 4.52 Å². The number of nitrogens with zero attached hydrogens (tertiary/aromatic N) is 4. The average Bonchev–Trinajstić information content (AvgIpc) is 3.15. The van der Waals surface area contributed by atoms with E-state index in [0.717, 1.165) is 16.8 Å². The number of aromatic nitrogens is 4. The molecule has 5 nitrogen and oxygen atoms in total. The molecule has 2 aromatic heterocycles. The molecule has 0 unspecified atom stereocenters. The van der Waals surface area contributed by atoms with Crippen LogP contribution in [0.25, 0.3) is 5.69 Å². The molecule has 0 fully saturated rings. The van der Waals surface area contributed by atoms with E-state index in [1.807, 2.05) is 0 Å². The van der Waals surface area contributed by atoms with E-state index in [2.05, 4.69) is 15.2 Å². The van der Waals surface area contributed by atoms with Crippen molar-refractivity contribution in [3.63, 3.8) is 0 Å². The van der Waals surface area contributed by atoms with Crippen LogP contribution in [0.4, 0.5) is 13.2 Å². The summed E-state index contributed by atoms with van der Waals surface area (Å²) < 4.78 is 45.7. The van der Waals surface area contributed by atoms with Crippen LogP contribution in [0.5, 0.6) is 0 Å². The van der Waals surface area contributed by atoms with Crippen LogP contribution >= 0.6 is 0 Å². The molecule has 2 heterocycles. The number of alkyl halides is 1. The van der Waals surface area contributed by atoms with E-state index in [1.165, 1.54) is 12.3 Å². The molecule has 120 valence electrons. The second-order valence-electron chi connectivity index (χ2n) is 4.90. The Balaban J connectivity index is 1.76. The van der Waals surface area contributed by atoms with E-state index >= 15 is 0 Å². The molecule has 0 aliphatic carbocycles. The normalized spacial score (nSPS) is 11.1. The van der Waals surface area contributed by atoms with Gasteiger partial charge in [-0.05, 0) is 24.6 Å². The van der Waals surface area contributed by atoms with Crippen molar-refractivity contribution in [3.05, 3.63) is 59.5 Å². The smallest absolute Gasteiger partial charge is 0.226 e. The Kier molecular flexibility index (Phi) is 4.40. The highest BCUT2D eigenvalue weighted by atomic mass is 19.1. The Labute approximate surface area is 129 Å². The molecule has 0 atom stereocenters. The maximum Gasteiger partial charge on any atom is 0.226 e. The lowest BCUT2D eigenvalue weighted by atomic mass is 10.3. The first-order chi connectivity index (χ1) is 11.2. The highest BCUT2D eigenvalue weighted by Crippen LogP contribution is 2.17. The van der Waals surface area contributed by atoms with Gasteiger partial charge < -0.3 is 4.52 Å². The van der Waals surface area contributed by atoms with Gasteiger partial charge in [0.25, 0.3) is 0 Å². The topological polar surface area (TPSA) is 56.7 Å². The standard InChI is InChI=1S/C15H13F3N4O/c16-7-2-5-14-19-13(21-23-14)9-10-6-8-22(20-10)15-11(17)3-1-4-12(15)18/h1,3-4,6,8H,2,5,7,9H2. The van der Waals surface area contributed by atoms with Gasteiger partial charge in [-0.3, -0.25) is 4.39 Å². The van der Waals surface area contributed by atoms with Crippen molar-refractivity contribution in [1.29, 1.82) is 0 Å².